The SMILES string of the molecule is N#Cc1c(-c2cccs2)cc(-c2ccc(C(=O)O)cc2)nc1SCc1cccs1. The molecule has 3 heterocycles. The van der Waals surface area contributed by atoms with E-state index in [2.05, 4.69) is 12.1 Å². The lowest BCUT2D eigenvalue weighted by Crippen LogP contribution is -1.97. The second-order valence-electron chi connectivity index (χ2n) is 6.07. The van der Waals surface area contributed by atoms with Crippen LogP contribution in [-0.4, -0.2) is 16.1 Å². The van der Waals surface area contributed by atoms with Gasteiger partial charge in [0.2, 0.25) is 0 Å². The Balaban J connectivity index is 1.80. The van der Waals surface area contributed by atoms with E-state index in [-0.39, 0.29) is 5.56 Å². The number of nitrogens with zero attached hydrogens (tertiary/aromatic N) is 2. The van der Waals surface area contributed by atoms with Crippen LogP contribution in [0.3, 0.4) is 0 Å². The molecule has 29 heavy (non-hydrogen) atoms. The fourth-order valence-corrected chi connectivity index (χ4v) is 5.35. The quantitative estimate of drug-likeness (QED) is 0.355. The highest BCUT2D eigenvalue weighted by Crippen LogP contribution is 2.37. The van der Waals surface area contributed by atoms with Gasteiger partial charge in [0.1, 0.15) is 11.1 Å². The maximum absolute atomic E-state index is 11.1. The van der Waals surface area contributed by atoms with E-state index in [1.54, 1.807) is 58.7 Å². The molecule has 142 valence electrons. The van der Waals surface area contributed by atoms with E-state index in [0.717, 1.165) is 27.5 Å². The van der Waals surface area contributed by atoms with Crippen molar-refractivity contribution in [2.45, 2.75) is 10.8 Å². The Hall–Kier alpha value is -2.92. The highest BCUT2D eigenvalue weighted by Gasteiger charge is 2.17. The minimum atomic E-state index is -0.962. The van der Waals surface area contributed by atoms with Crippen molar-refractivity contribution in [1.82, 2.24) is 4.98 Å². The van der Waals surface area contributed by atoms with Crippen LogP contribution >= 0.6 is 34.4 Å². The fraction of sp³-hybridized carbons (Fsp3) is 0.0455. The van der Waals surface area contributed by atoms with Gasteiger partial charge >= 0.3 is 5.97 Å². The highest BCUT2D eigenvalue weighted by molar-refractivity contribution is 7.98. The van der Waals surface area contributed by atoms with E-state index in [4.69, 9.17) is 10.1 Å². The van der Waals surface area contributed by atoms with Gasteiger partial charge in [0.15, 0.2) is 0 Å². The number of carboxylic acid groups (broad SMARTS) is 1. The Kier molecular flexibility index (Phi) is 5.76. The zero-order valence-corrected chi connectivity index (χ0v) is 17.5. The van der Waals surface area contributed by atoms with Gasteiger partial charge in [-0.05, 0) is 41.1 Å². The summed E-state index contributed by atoms with van der Waals surface area (Å²) in [5.41, 5.74) is 3.19. The number of pyridine rings is 1. The Morgan fingerprint density at radius 2 is 1.86 bits per heavy atom. The van der Waals surface area contributed by atoms with Crippen molar-refractivity contribution in [2.75, 3.05) is 0 Å². The number of thiophene rings is 2. The second-order valence-corrected chi connectivity index (χ2v) is 9.02. The topological polar surface area (TPSA) is 74.0 Å². The Labute approximate surface area is 180 Å². The van der Waals surface area contributed by atoms with E-state index in [9.17, 15) is 10.1 Å². The van der Waals surface area contributed by atoms with Gasteiger partial charge in [-0.2, -0.15) is 5.26 Å². The second kappa shape index (κ2) is 8.62. The van der Waals surface area contributed by atoms with E-state index >= 15 is 0 Å². The molecule has 0 saturated carbocycles. The highest BCUT2D eigenvalue weighted by atomic mass is 32.2. The number of hydrogen-bond donors (Lipinski definition) is 1. The van der Waals surface area contributed by atoms with E-state index in [0.29, 0.717) is 10.6 Å². The van der Waals surface area contributed by atoms with Crippen LogP contribution in [0.25, 0.3) is 21.7 Å². The van der Waals surface area contributed by atoms with Gasteiger partial charge < -0.3 is 5.11 Å². The molecule has 0 aliphatic rings. The Bertz CT molecular complexity index is 1180. The molecular weight excluding hydrogens is 420 g/mol. The van der Waals surface area contributed by atoms with Crippen molar-refractivity contribution in [3.8, 4) is 27.8 Å². The number of benzene rings is 1. The molecule has 0 spiro atoms. The molecule has 4 rings (SSSR count). The third kappa shape index (κ3) is 4.25. The predicted octanol–water partition coefficient (Wildman–Crippen LogP) is 6.40. The van der Waals surface area contributed by atoms with Crippen LogP contribution in [0.5, 0.6) is 0 Å². The van der Waals surface area contributed by atoms with Crippen LogP contribution in [0.15, 0.2) is 70.4 Å². The molecule has 1 aromatic carbocycles. The molecule has 0 atom stereocenters. The lowest BCUT2D eigenvalue weighted by atomic mass is 10.0. The molecular formula is C22H14N2O2S3. The molecule has 4 aromatic rings. The van der Waals surface area contributed by atoms with Crippen LogP contribution in [0.1, 0.15) is 20.8 Å². The summed E-state index contributed by atoms with van der Waals surface area (Å²) in [6.45, 7) is 0. The number of aromatic nitrogens is 1. The van der Waals surface area contributed by atoms with E-state index in [1.807, 2.05) is 35.0 Å². The van der Waals surface area contributed by atoms with Crippen LogP contribution in [0.2, 0.25) is 0 Å². The summed E-state index contributed by atoms with van der Waals surface area (Å²) in [5.74, 6) is -0.222. The average Bonchev–Trinajstić information content (AvgIpc) is 3.45. The third-order valence-corrected chi connectivity index (χ3v) is 7.23. The summed E-state index contributed by atoms with van der Waals surface area (Å²) >= 11 is 4.80. The Morgan fingerprint density at radius 3 is 2.48 bits per heavy atom. The van der Waals surface area contributed by atoms with Gasteiger partial charge in [0, 0.05) is 26.6 Å². The normalized spacial score (nSPS) is 10.6. The lowest BCUT2D eigenvalue weighted by Gasteiger charge is -2.11. The van der Waals surface area contributed by atoms with Crippen molar-refractivity contribution < 1.29 is 9.90 Å². The molecule has 7 heteroatoms. The molecule has 3 aromatic heterocycles. The third-order valence-electron chi connectivity index (χ3n) is 4.24. The van der Waals surface area contributed by atoms with Gasteiger partial charge in [0.05, 0.1) is 16.8 Å². The summed E-state index contributed by atoms with van der Waals surface area (Å²) in [5, 5.41) is 23.7. The first-order chi connectivity index (χ1) is 14.2. The molecule has 4 nitrogen and oxygen atoms in total. The molecule has 0 aliphatic heterocycles. The predicted molar refractivity (Wildman–Crippen MR) is 119 cm³/mol. The van der Waals surface area contributed by atoms with Crippen molar-refractivity contribution in [2.24, 2.45) is 0 Å². The Morgan fingerprint density at radius 1 is 1.10 bits per heavy atom. The standard InChI is InChI=1S/C22H14N2O2S3/c23-12-18-17(20-4-2-10-28-20)11-19(14-5-7-15(8-6-14)22(25)26)24-21(18)29-13-16-3-1-9-27-16/h1-11H,13H2,(H,25,26). The number of hydrogen-bond acceptors (Lipinski definition) is 6. The van der Waals surface area contributed by atoms with Gasteiger partial charge in [-0.15, -0.1) is 22.7 Å². The molecule has 0 amide bonds. The monoisotopic (exact) mass is 434 g/mol. The summed E-state index contributed by atoms with van der Waals surface area (Å²) < 4.78 is 0. The first kappa shape index (κ1) is 19.4. The number of carboxylic acids is 1. The van der Waals surface area contributed by atoms with Gasteiger partial charge in [-0.25, -0.2) is 9.78 Å². The number of rotatable bonds is 6. The summed E-state index contributed by atoms with van der Waals surface area (Å²) in [7, 11) is 0. The van der Waals surface area contributed by atoms with Gasteiger partial charge in [0.25, 0.3) is 0 Å². The maximum Gasteiger partial charge on any atom is 0.335 e. The molecule has 0 unspecified atom stereocenters. The van der Waals surface area contributed by atoms with E-state index in [1.165, 1.54) is 4.88 Å². The van der Waals surface area contributed by atoms with Crippen LogP contribution in [0.4, 0.5) is 0 Å². The molecule has 0 saturated heterocycles. The largest absolute Gasteiger partial charge is 0.478 e. The number of thioether (sulfide) groups is 1. The van der Waals surface area contributed by atoms with Crippen molar-refractivity contribution in [3.63, 3.8) is 0 Å². The van der Waals surface area contributed by atoms with Crippen LogP contribution in [0, 0.1) is 11.3 Å². The summed E-state index contributed by atoms with van der Waals surface area (Å²) in [6, 6.07) is 18.9. The van der Waals surface area contributed by atoms with Crippen LogP contribution < -0.4 is 0 Å². The molecule has 0 radical (unpaired) electrons. The maximum atomic E-state index is 11.1. The first-order valence-corrected chi connectivity index (χ1v) is 11.4. The number of carbonyl (C=O) groups is 1. The molecule has 1 N–H and O–H groups in total. The first-order valence-electron chi connectivity index (χ1n) is 8.63. The van der Waals surface area contributed by atoms with Gasteiger partial charge in [-0.3, -0.25) is 0 Å². The fourth-order valence-electron chi connectivity index (χ4n) is 2.83. The molecule has 0 fully saturated rings. The lowest BCUT2D eigenvalue weighted by molar-refractivity contribution is 0.0697. The number of aromatic carboxylic acids is 1. The average molecular weight is 435 g/mol. The zero-order chi connectivity index (χ0) is 20.2. The minimum Gasteiger partial charge on any atom is -0.478 e. The smallest absolute Gasteiger partial charge is 0.335 e. The van der Waals surface area contributed by atoms with Crippen molar-refractivity contribution >= 4 is 40.4 Å². The van der Waals surface area contributed by atoms with Crippen molar-refractivity contribution in [3.05, 3.63) is 81.4 Å². The van der Waals surface area contributed by atoms with E-state index < -0.39 is 5.97 Å². The minimum absolute atomic E-state index is 0.230. The molecule has 0 bridgehead atoms. The van der Waals surface area contributed by atoms with Gasteiger partial charge in [-0.1, -0.05) is 36.0 Å². The molecule has 0 aliphatic carbocycles. The number of nitriles is 1. The zero-order valence-electron chi connectivity index (χ0n) is 15.0. The van der Waals surface area contributed by atoms with Crippen molar-refractivity contribution in [1.29, 1.82) is 5.26 Å². The summed E-state index contributed by atoms with van der Waals surface area (Å²) in [6.07, 6.45) is 0. The van der Waals surface area contributed by atoms with Crippen LogP contribution in [-0.2, 0) is 5.75 Å². The summed E-state index contributed by atoms with van der Waals surface area (Å²) in [4.78, 5) is 18.1.